The SMILES string of the molecule is CCCCCCCc1ccc(-c2ccc3cc(OC(F)(F)F)ccc3c2)c(F)c1. The van der Waals surface area contributed by atoms with Gasteiger partial charge in [0.05, 0.1) is 0 Å². The molecule has 0 aliphatic rings. The van der Waals surface area contributed by atoms with Crippen LogP contribution in [0.5, 0.6) is 5.75 Å². The van der Waals surface area contributed by atoms with E-state index in [9.17, 15) is 17.6 Å². The molecule has 29 heavy (non-hydrogen) atoms. The summed E-state index contributed by atoms with van der Waals surface area (Å²) < 4.78 is 55.7. The van der Waals surface area contributed by atoms with E-state index < -0.39 is 6.36 Å². The Morgan fingerprint density at radius 2 is 1.52 bits per heavy atom. The summed E-state index contributed by atoms with van der Waals surface area (Å²) in [5, 5.41) is 1.32. The van der Waals surface area contributed by atoms with Crippen LogP contribution >= 0.6 is 0 Å². The van der Waals surface area contributed by atoms with E-state index in [2.05, 4.69) is 11.7 Å². The zero-order chi connectivity index (χ0) is 20.9. The molecule has 5 heteroatoms. The van der Waals surface area contributed by atoms with Gasteiger partial charge in [0.25, 0.3) is 0 Å². The standard InChI is InChI=1S/C24H24F4O/c1-2-3-4-5-6-7-17-8-13-22(23(25)14-17)20-10-9-19-16-21(29-24(26,27)28)12-11-18(19)15-20/h8-16H,2-7H2,1H3. The second-order valence-electron chi connectivity index (χ2n) is 7.25. The quantitative estimate of drug-likeness (QED) is 0.272. The van der Waals surface area contributed by atoms with E-state index in [1.165, 1.54) is 31.4 Å². The number of halogens is 4. The highest BCUT2D eigenvalue weighted by atomic mass is 19.4. The van der Waals surface area contributed by atoms with Crippen molar-refractivity contribution in [3.05, 3.63) is 66.0 Å². The first-order valence-corrected chi connectivity index (χ1v) is 9.94. The summed E-state index contributed by atoms with van der Waals surface area (Å²) in [6, 6.07) is 14.6. The first kappa shape index (κ1) is 21.2. The number of aryl methyl sites for hydroxylation is 1. The van der Waals surface area contributed by atoms with Gasteiger partial charge in [0.2, 0.25) is 0 Å². The van der Waals surface area contributed by atoms with Crippen LogP contribution in [0.2, 0.25) is 0 Å². The number of fused-ring (bicyclic) bond motifs is 1. The molecule has 3 aromatic rings. The van der Waals surface area contributed by atoms with Crippen molar-refractivity contribution in [2.75, 3.05) is 0 Å². The molecule has 0 fully saturated rings. The van der Waals surface area contributed by atoms with E-state index in [4.69, 9.17) is 0 Å². The molecule has 0 spiro atoms. The van der Waals surface area contributed by atoms with Crippen LogP contribution in [0.1, 0.15) is 44.6 Å². The van der Waals surface area contributed by atoms with Gasteiger partial charge in [0, 0.05) is 5.56 Å². The Morgan fingerprint density at radius 3 is 2.24 bits per heavy atom. The van der Waals surface area contributed by atoms with Crippen molar-refractivity contribution in [1.82, 2.24) is 0 Å². The van der Waals surface area contributed by atoms with E-state index in [1.807, 2.05) is 6.07 Å². The average Bonchev–Trinajstić information content (AvgIpc) is 2.66. The Balaban J connectivity index is 1.75. The molecule has 1 nitrogen and oxygen atoms in total. The molecule has 0 N–H and O–H groups in total. The lowest BCUT2D eigenvalue weighted by atomic mass is 9.98. The van der Waals surface area contributed by atoms with Gasteiger partial charge in [-0.25, -0.2) is 4.39 Å². The lowest BCUT2D eigenvalue weighted by Gasteiger charge is -2.11. The molecule has 0 saturated heterocycles. The molecular formula is C24H24F4O. The van der Waals surface area contributed by atoms with Crippen LogP contribution in [0.15, 0.2) is 54.6 Å². The molecule has 0 bridgehead atoms. The number of hydrogen-bond acceptors (Lipinski definition) is 1. The minimum atomic E-state index is -4.73. The van der Waals surface area contributed by atoms with Crippen molar-refractivity contribution in [1.29, 1.82) is 0 Å². The number of hydrogen-bond donors (Lipinski definition) is 0. The minimum Gasteiger partial charge on any atom is -0.406 e. The summed E-state index contributed by atoms with van der Waals surface area (Å²) in [4.78, 5) is 0. The molecule has 3 rings (SSSR count). The second-order valence-corrected chi connectivity index (χ2v) is 7.25. The average molecular weight is 404 g/mol. The Labute approximate surface area is 168 Å². The first-order chi connectivity index (χ1) is 13.9. The van der Waals surface area contributed by atoms with Crippen molar-refractivity contribution < 1.29 is 22.3 Å². The van der Waals surface area contributed by atoms with Crippen molar-refractivity contribution in [2.24, 2.45) is 0 Å². The molecule has 0 aromatic heterocycles. The molecular weight excluding hydrogens is 380 g/mol. The number of alkyl halides is 3. The number of rotatable bonds is 8. The fraction of sp³-hybridized carbons (Fsp3) is 0.333. The maximum atomic E-state index is 14.7. The number of benzene rings is 3. The Kier molecular flexibility index (Phi) is 6.78. The smallest absolute Gasteiger partial charge is 0.406 e. The van der Waals surface area contributed by atoms with Crippen LogP contribution in [0, 0.1) is 5.82 Å². The normalized spacial score (nSPS) is 11.8. The highest BCUT2D eigenvalue weighted by Gasteiger charge is 2.31. The summed E-state index contributed by atoms with van der Waals surface area (Å²) in [6.07, 6.45) is 1.99. The maximum Gasteiger partial charge on any atom is 0.573 e. The van der Waals surface area contributed by atoms with E-state index in [1.54, 1.807) is 36.4 Å². The minimum absolute atomic E-state index is 0.271. The van der Waals surface area contributed by atoms with Crippen molar-refractivity contribution in [2.45, 2.75) is 51.8 Å². The molecule has 3 aromatic carbocycles. The van der Waals surface area contributed by atoms with Crippen LogP contribution in [-0.2, 0) is 6.42 Å². The Hall–Kier alpha value is -2.56. The van der Waals surface area contributed by atoms with Crippen molar-refractivity contribution in [3.63, 3.8) is 0 Å². The third-order valence-electron chi connectivity index (χ3n) is 4.96. The molecule has 0 aliphatic heterocycles. The predicted molar refractivity (Wildman–Crippen MR) is 108 cm³/mol. The third kappa shape index (κ3) is 5.96. The summed E-state index contributed by atoms with van der Waals surface area (Å²) in [5.41, 5.74) is 2.16. The molecule has 0 heterocycles. The number of ether oxygens (including phenoxy) is 1. The molecule has 0 unspecified atom stereocenters. The third-order valence-corrected chi connectivity index (χ3v) is 4.96. The molecule has 0 radical (unpaired) electrons. The second kappa shape index (κ2) is 9.29. The van der Waals surface area contributed by atoms with E-state index in [-0.39, 0.29) is 11.6 Å². The fourth-order valence-electron chi connectivity index (χ4n) is 3.47. The lowest BCUT2D eigenvalue weighted by molar-refractivity contribution is -0.274. The van der Waals surface area contributed by atoms with Gasteiger partial charge in [-0.3, -0.25) is 0 Å². The van der Waals surface area contributed by atoms with Crippen LogP contribution < -0.4 is 4.74 Å². The van der Waals surface area contributed by atoms with E-state index in [0.29, 0.717) is 16.5 Å². The maximum absolute atomic E-state index is 14.7. The summed E-state index contributed by atoms with van der Waals surface area (Å²) in [6.45, 7) is 2.18. The van der Waals surface area contributed by atoms with Gasteiger partial charge < -0.3 is 4.74 Å². The van der Waals surface area contributed by atoms with Gasteiger partial charge in [-0.1, -0.05) is 62.9 Å². The highest BCUT2D eigenvalue weighted by Crippen LogP contribution is 2.31. The number of unbranched alkanes of at least 4 members (excludes halogenated alkanes) is 4. The van der Waals surface area contributed by atoms with E-state index >= 15 is 0 Å². The zero-order valence-corrected chi connectivity index (χ0v) is 16.4. The van der Waals surface area contributed by atoms with Crippen LogP contribution in [0.25, 0.3) is 21.9 Å². The van der Waals surface area contributed by atoms with Gasteiger partial charge in [0.15, 0.2) is 0 Å². The topological polar surface area (TPSA) is 9.23 Å². The summed E-state index contributed by atoms with van der Waals surface area (Å²) >= 11 is 0. The Bertz CT molecular complexity index is 963. The summed E-state index contributed by atoms with van der Waals surface area (Å²) in [5.74, 6) is -0.556. The molecule has 0 saturated carbocycles. The van der Waals surface area contributed by atoms with Crippen molar-refractivity contribution >= 4 is 10.8 Å². The summed E-state index contributed by atoms with van der Waals surface area (Å²) in [7, 11) is 0. The van der Waals surface area contributed by atoms with Gasteiger partial charge in [-0.15, -0.1) is 13.2 Å². The monoisotopic (exact) mass is 404 g/mol. The van der Waals surface area contributed by atoms with Crippen LogP contribution in [0.4, 0.5) is 17.6 Å². The largest absolute Gasteiger partial charge is 0.573 e. The lowest BCUT2D eigenvalue weighted by Crippen LogP contribution is -2.16. The highest BCUT2D eigenvalue weighted by molar-refractivity contribution is 5.88. The molecule has 0 aliphatic carbocycles. The van der Waals surface area contributed by atoms with Gasteiger partial charge in [-0.2, -0.15) is 0 Å². The zero-order valence-electron chi connectivity index (χ0n) is 16.4. The van der Waals surface area contributed by atoms with Crippen molar-refractivity contribution in [3.8, 4) is 16.9 Å². The van der Waals surface area contributed by atoms with Crippen LogP contribution in [0.3, 0.4) is 0 Å². The predicted octanol–water partition coefficient (Wildman–Crippen LogP) is 8.06. The molecule has 0 atom stereocenters. The van der Waals surface area contributed by atoms with Gasteiger partial charge in [0.1, 0.15) is 11.6 Å². The van der Waals surface area contributed by atoms with Gasteiger partial charge in [-0.05, 0) is 59.0 Å². The van der Waals surface area contributed by atoms with E-state index in [0.717, 1.165) is 30.2 Å². The van der Waals surface area contributed by atoms with Gasteiger partial charge >= 0.3 is 6.36 Å². The molecule has 0 amide bonds. The Morgan fingerprint density at radius 1 is 0.793 bits per heavy atom. The first-order valence-electron chi connectivity index (χ1n) is 9.94. The van der Waals surface area contributed by atoms with Crippen LogP contribution in [-0.4, -0.2) is 6.36 Å². The fourth-order valence-corrected chi connectivity index (χ4v) is 3.47. The molecule has 154 valence electrons.